The standard InChI is InChI=1S/C22H23N5O3/c1-13-11-14(2)23-19-18(13)21(27-7-3-4-8-27)26-20(25-19)22(28)24-15-5-6-16-17(12-15)30-10-9-29-16/h5-6,11-12H,3-4,7-10H2,1-2H3,(H,24,28). The average molecular weight is 405 g/mol. The zero-order chi connectivity index (χ0) is 20.7. The van der Waals surface area contributed by atoms with Crippen molar-refractivity contribution in [2.75, 3.05) is 36.5 Å². The predicted octanol–water partition coefficient (Wildman–Crippen LogP) is 3.27. The predicted molar refractivity (Wildman–Crippen MR) is 114 cm³/mol. The third kappa shape index (κ3) is 3.38. The molecule has 0 unspecified atom stereocenters. The zero-order valence-corrected chi connectivity index (χ0v) is 17.1. The molecule has 0 aliphatic carbocycles. The fourth-order valence-corrected chi connectivity index (χ4v) is 4.02. The molecule has 8 heteroatoms. The molecular formula is C22H23N5O3. The fraction of sp³-hybridized carbons (Fsp3) is 0.364. The highest BCUT2D eigenvalue weighted by Crippen LogP contribution is 2.33. The zero-order valence-electron chi connectivity index (χ0n) is 17.1. The van der Waals surface area contributed by atoms with E-state index in [-0.39, 0.29) is 11.7 Å². The second-order valence-corrected chi connectivity index (χ2v) is 7.66. The van der Waals surface area contributed by atoms with Gasteiger partial charge in [-0.25, -0.2) is 15.0 Å². The number of aryl methyl sites for hydroxylation is 2. The van der Waals surface area contributed by atoms with Crippen molar-refractivity contribution < 1.29 is 14.3 Å². The van der Waals surface area contributed by atoms with Gasteiger partial charge in [-0.1, -0.05) is 0 Å². The number of aromatic nitrogens is 3. The smallest absolute Gasteiger partial charge is 0.293 e. The maximum Gasteiger partial charge on any atom is 0.293 e. The highest BCUT2D eigenvalue weighted by Gasteiger charge is 2.23. The van der Waals surface area contributed by atoms with Crippen molar-refractivity contribution >= 4 is 28.4 Å². The van der Waals surface area contributed by atoms with Crippen LogP contribution in [0.3, 0.4) is 0 Å². The number of hydrogen-bond acceptors (Lipinski definition) is 7. The van der Waals surface area contributed by atoms with E-state index < -0.39 is 0 Å². The maximum absolute atomic E-state index is 13.0. The molecule has 8 nitrogen and oxygen atoms in total. The molecule has 2 aliphatic rings. The van der Waals surface area contributed by atoms with E-state index in [4.69, 9.17) is 9.47 Å². The topological polar surface area (TPSA) is 89.5 Å². The summed E-state index contributed by atoms with van der Waals surface area (Å²) < 4.78 is 11.1. The largest absolute Gasteiger partial charge is 0.486 e. The van der Waals surface area contributed by atoms with Crippen LogP contribution in [0.5, 0.6) is 11.5 Å². The first-order valence-corrected chi connectivity index (χ1v) is 10.2. The van der Waals surface area contributed by atoms with E-state index in [9.17, 15) is 4.79 Å². The number of anilines is 2. The van der Waals surface area contributed by atoms with Crippen molar-refractivity contribution in [1.82, 2.24) is 15.0 Å². The van der Waals surface area contributed by atoms with Crippen LogP contribution in [0.2, 0.25) is 0 Å². The molecule has 0 spiro atoms. The lowest BCUT2D eigenvalue weighted by atomic mass is 10.1. The molecule has 1 fully saturated rings. The Bertz CT molecular complexity index is 1140. The Morgan fingerprint density at radius 3 is 2.57 bits per heavy atom. The van der Waals surface area contributed by atoms with Gasteiger partial charge in [0.1, 0.15) is 19.0 Å². The van der Waals surface area contributed by atoms with Crippen LogP contribution in [0.15, 0.2) is 24.3 Å². The first kappa shape index (κ1) is 18.6. The number of rotatable bonds is 3. The quantitative estimate of drug-likeness (QED) is 0.715. The summed E-state index contributed by atoms with van der Waals surface area (Å²) in [5.74, 6) is 1.80. The van der Waals surface area contributed by atoms with E-state index in [1.165, 1.54) is 0 Å². The number of nitrogens with one attached hydrogen (secondary N) is 1. The van der Waals surface area contributed by atoms with Gasteiger partial charge >= 0.3 is 0 Å². The molecule has 3 aromatic rings. The number of nitrogens with zero attached hydrogens (tertiary/aromatic N) is 4. The Morgan fingerprint density at radius 1 is 1.00 bits per heavy atom. The Hall–Kier alpha value is -3.42. The number of amides is 1. The highest BCUT2D eigenvalue weighted by atomic mass is 16.6. The van der Waals surface area contributed by atoms with Crippen LogP contribution in [0.4, 0.5) is 11.5 Å². The van der Waals surface area contributed by atoms with E-state index >= 15 is 0 Å². The third-order valence-electron chi connectivity index (χ3n) is 5.38. The van der Waals surface area contributed by atoms with Gasteiger partial charge in [0.15, 0.2) is 17.1 Å². The second-order valence-electron chi connectivity index (χ2n) is 7.66. The number of carbonyl (C=O) groups is 1. The van der Waals surface area contributed by atoms with Gasteiger partial charge in [0, 0.05) is 30.5 Å². The van der Waals surface area contributed by atoms with Crippen LogP contribution < -0.4 is 19.7 Å². The van der Waals surface area contributed by atoms with Crippen molar-refractivity contribution in [2.45, 2.75) is 26.7 Å². The van der Waals surface area contributed by atoms with Crippen molar-refractivity contribution in [3.63, 3.8) is 0 Å². The van der Waals surface area contributed by atoms with Crippen LogP contribution >= 0.6 is 0 Å². The summed E-state index contributed by atoms with van der Waals surface area (Å²) in [4.78, 5) is 29.0. The Morgan fingerprint density at radius 2 is 1.77 bits per heavy atom. The van der Waals surface area contributed by atoms with Crippen LogP contribution in [0.25, 0.3) is 11.0 Å². The van der Waals surface area contributed by atoms with Crippen LogP contribution in [0.1, 0.15) is 34.7 Å². The molecule has 1 N–H and O–H groups in total. The molecule has 0 atom stereocenters. The lowest BCUT2D eigenvalue weighted by molar-refractivity contribution is 0.101. The summed E-state index contributed by atoms with van der Waals surface area (Å²) in [5, 5.41) is 3.79. The lowest BCUT2D eigenvalue weighted by Crippen LogP contribution is -2.23. The molecule has 2 aliphatic heterocycles. The van der Waals surface area contributed by atoms with Gasteiger partial charge in [-0.05, 0) is 50.5 Å². The van der Waals surface area contributed by atoms with E-state index in [1.54, 1.807) is 18.2 Å². The average Bonchev–Trinajstić information content (AvgIpc) is 3.27. The molecule has 1 amide bonds. The normalized spacial score (nSPS) is 15.5. The van der Waals surface area contributed by atoms with Crippen LogP contribution in [-0.4, -0.2) is 47.2 Å². The third-order valence-corrected chi connectivity index (χ3v) is 5.38. The summed E-state index contributed by atoms with van der Waals surface area (Å²) in [7, 11) is 0. The Labute approximate surface area is 174 Å². The van der Waals surface area contributed by atoms with Crippen molar-refractivity contribution in [1.29, 1.82) is 0 Å². The fourth-order valence-electron chi connectivity index (χ4n) is 4.02. The van der Waals surface area contributed by atoms with Crippen LogP contribution in [-0.2, 0) is 0 Å². The van der Waals surface area contributed by atoms with Crippen molar-refractivity contribution in [3.8, 4) is 11.5 Å². The molecule has 5 rings (SSSR count). The Kier molecular flexibility index (Phi) is 4.61. The van der Waals surface area contributed by atoms with E-state index in [2.05, 4.69) is 25.2 Å². The summed E-state index contributed by atoms with van der Waals surface area (Å²) in [5.41, 5.74) is 3.09. The highest BCUT2D eigenvalue weighted by molar-refractivity contribution is 6.04. The molecule has 30 heavy (non-hydrogen) atoms. The second kappa shape index (κ2) is 7.44. The minimum atomic E-state index is -0.380. The number of ether oxygens (including phenoxy) is 2. The monoisotopic (exact) mass is 405 g/mol. The molecule has 4 heterocycles. The first-order valence-electron chi connectivity index (χ1n) is 10.2. The maximum atomic E-state index is 13.0. The summed E-state index contributed by atoms with van der Waals surface area (Å²) >= 11 is 0. The van der Waals surface area contributed by atoms with E-state index in [1.807, 2.05) is 19.9 Å². The van der Waals surface area contributed by atoms with Gasteiger partial charge in [-0.15, -0.1) is 0 Å². The summed E-state index contributed by atoms with van der Waals surface area (Å²) in [6, 6.07) is 7.34. The van der Waals surface area contributed by atoms with E-state index in [0.29, 0.717) is 36.0 Å². The van der Waals surface area contributed by atoms with Gasteiger partial charge in [0.2, 0.25) is 5.82 Å². The molecule has 154 valence electrons. The SMILES string of the molecule is Cc1cc(C)c2c(N3CCCC3)nc(C(=O)Nc3ccc4c(c3)OCCO4)nc2n1. The van der Waals surface area contributed by atoms with Gasteiger partial charge in [-0.2, -0.15) is 0 Å². The van der Waals surface area contributed by atoms with Crippen LogP contribution in [0, 0.1) is 13.8 Å². The first-order chi connectivity index (χ1) is 14.6. The van der Waals surface area contributed by atoms with Crippen molar-refractivity contribution in [3.05, 3.63) is 41.3 Å². The molecule has 1 aromatic carbocycles. The van der Waals surface area contributed by atoms with Gasteiger partial charge in [0.25, 0.3) is 5.91 Å². The van der Waals surface area contributed by atoms with Crippen molar-refractivity contribution in [2.24, 2.45) is 0 Å². The molecule has 2 aromatic heterocycles. The lowest BCUT2D eigenvalue weighted by Gasteiger charge is -2.20. The number of hydrogen-bond donors (Lipinski definition) is 1. The molecule has 1 saturated heterocycles. The summed E-state index contributed by atoms with van der Waals surface area (Å²) in [6.07, 6.45) is 2.23. The number of pyridine rings is 1. The number of fused-ring (bicyclic) bond motifs is 2. The molecular weight excluding hydrogens is 382 g/mol. The van der Waals surface area contributed by atoms with Gasteiger partial charge in [0.05, 0.1) is 5.39 Å². The Balaban J connectivity index is 1.52. The van der Waals surface area contributed by atoms with Gasteiger partial charge in [-0.3, -0.25) is 4.79 Å². The van der Waals surface area contributed by atoms with Gasteiger partial charge < -0.3 is 19.7 Å². The molecule has 0 radical (unpaired) electrons. The number of benzene rings is 1. The molecule has 0 saturated carbocycles. The number of carbonyl (C=O) groups excluding carboxylic acids is 1. The van der Waals surface area contributed by atoms with E-state index in [0.717, 1.165) is 48.4 Å². The minimum absolute atomic E-state index is 0.108. The minimum Gasteiger partial charge on any atom is -0.486 e. The molecule has 0 bridgehead atoms. The summed E-state index contributed by atoms with van der Waals surface area (Å²) in [6.45, 7) is 6.82.